The van der Waals surface area contributed by atoms with Crippen molar-refractivity contribution in [3.63, 3.8) is 0 Å². The fraction of sp³-hybridized carbons (Fsp3) is 0.412. The van der Waals surface area contributed by atoms with Gasteiger partial charge in [0.05, 0.1) is 5.70 Å². The van der Waals surface area contributed by atoms with Gasteiger partial charge in [-0.15, -0.1) is 0 Å². The second-order valence-corrected chi connectivity index (χ2v) is 6.51. The molecule has 22 heavy (non-hydrogen) atoms. The number of hydrogen-bond donors (Lipinski definition) is 1. The molecule has 0 aromatic heterocycles. The number of rotatable bonds is 2. The van der Waals surface area contributed by atoms with Crippen LogP contribution in [0.25, 0.3) is 0 Å². The normalized spacial score (nSPS) is 20.8. The van der Waals surface area contributed by atoms with Crippen molar-refractivity contribution in [1.29, 1.82) is 5.26 Å². The topological polar surface area (TPSA) is 45.3 Å². The number of nitrogens with zero attached hydrogens (tertiary/aromatic N) is 4. The van der Waals surface area contributed by atoms with Crippen LogP contribution in [0.5, 0.6) is 0 Å². The third kappa shape index (κ3) is 2.83. The van der Waals surface area contributed by atoms with Crippen LogP contribution in [-0.2, 0) is 6.54 Å². The Bertz CT molecular complexity index is 666. The van der Waals surface area contributed by atoms with Gasteiger partial charge in [0.15, 0.2) is 0 Å². The van der Waals surface area contributed by atoms with Crippen molar-refractivity contribution in [1.82, 2.24) is 15.1 Å². The van der Waals surface area contributed by atoms with E-state index in [-0.39, 0.29) is 5.54 Å². The first-order valence-corrected chi connectivity index (χ1v) is 7.54. The van der Waals surface area contributed by atoms with E-state index in [9.17, 15) is 5.26 Å². The summed E-state index contributed by atoms with van der Waals surface area (Å²) in [4.78, 5) is 3.99. The molecule has 0 unspecified atom stereocenters. The summed E-state index contributed by atoms with van der Waals surface area (Å²) in [5, 5.41) is 13.0. The molecule has 2 heterocycles. The van der Waals surface area contributed by atoms with Crippen molar-refractivity contribution >= 4 is 5.96 Å². The van der Waals surface area contributed by atoms with Gasteiger partial charge in [0.25, 0.3) is 6.19 Å². The molecular weight excluding hydrogens is 274 g/mol. The zero-order valence-corrected chi connectivity index (χ0v) is 13.4. The molecule has 0 saturated heterocycles. The Labute approximate surface area is 131 Å². The van der Waals surface area contributed by atoms with E-state index in [1.165, 1.54) is 11.3 Å². The molecule has 114 valence electrons. The summed E-state index contributed by atoms with van der Waals surface area (Å²) < 4.78 is 2.17. The van der Waals surface area contributed by atoms with E-state index in [4.69, 9.17) is 0 Å². The van der Waals surface area contributed by atoms with Gasteiger partial charge in [-0.25, -0.2) is 9.48 Å². The number of allylic oxidation sites excluding steroid dienone is 1. The van der Waals surface area contributed by atoms with Crippen LogP contribution < -0.4 is 5.32 Å². The van der Waals surface area contributed by atoms with Crippen LogP contribution >= 0.6 is 0 Å². The van der Waals surface area contributed by atoms with E-state index in [1.54, 1.807) is 4.90 Å². The highest BCUT2D eigenvalue weighted by Crippen LogP contribution is 2.19. The number of benzene rings is 1. The standard InChI is InChI=1S/C17H21N5/c1-14-9-17(2,3)19-16-21(11-18)12-20(13-22(14)16)10-15-7-5-4-6-8-15/h4-9H,10,12-13H2,1-3H3/p+1. The second-order valence-electron chi connectivity index (χ2n) is 6.51. The first-order valence-electron chi connectivity index (χ1n) is 7.54. The quantitative estimate of drug-likeness (QED) is 0.668. The Morgan fingerprint density at radius 1 is 1.32 bits per heavy atom. The van der Waals surface area contributed by atoms with Crippen molar-refractivity contribution in [2.75, 3.05) is 13.3 Å². The van der Waals surface area contributed by atoms with Crippen molar-refractivity contribution in [3.05, 3.63) is 47.7 Å². The molecule has 2 aliphatic heterocycles. The van der Waals surface area contributed by atoms with E-state index in [1.807, 2.05) is 6.07 Å². The molecule has 1 N–H and O–H groups in total. The SMILES string of the molecule is CC1=CC(C)(C)NC2=[N+]1CN(Cc1ccccc1)CN2C#N. The van der Waals surface area contributed by atoms with Crippen LogP contribution in [0.15, 0.2) is 42.1 Å². The second kappa shape index (κ2) is 5.47. The van der Waals surface area contributed by atoms with Crippen LogP contribution in [0.4, 0.5) is 0 Å². The van der Waals surface area contributed by atoms with Crippen molar-refractivity contribution in [2.45, 2.75) is 32.9 Å². The fourth-order valence-electron chi connectivity index (χ4n) is 3.08. The van der Waals surface area contributed by atoms with Gasteiger partial charge in [0.2, 0.25) is 0 Å². The van der Waals surface area contributed by atoms with E-state index < -0.39 is 0 Å². The van der Waals surface area contributed by atoms with Gasteiger partial charge in [0, 0.05) is 6.54 Å². The van der Waals surface area contributed by atoms with Crippen LogP contribution in [0.3, 0.4) is 0 Å². The minimum atomic E-state index is -0.132. The number of guanidine groups is 1. The average Bonchev–Trinajstić information content (AvgIpc) is 2.47. The lowest BCUT2D eigenvalue weighted by Crippen LogP contribution is -2.62. The lowest BCUT2D eigenvalue weighted by atomic mass is 10.0. The maximum absolute atomic E-state index is 9.51. The number of hydrogen-bond acceptors (Lipinski definition) is 4. The summed E-state index contributed by atoms with van der Waals surface area (Å²) in [6.07, 6.45) is 4.51. The average molecular weight is 296 g/mol. The Hall–Kier alpha value is -2.32. The molecule has 0 spiro atoms. The van der Waals surface area contributed by atoms with Gasteiger partial charge >= 0.3 is 5.96 Å². The highest BCUT2D eigenvalue weighted by molar-refractivity contribution is 5.79. The van der Waals surface area contributed by atoms with Crippen molar-refractivity contribution in [3.8, 4) is 6.19 Å². The molecule has 1 aromatic rings. The summed E-state index contributed by atoms with van der Waals surface area (Å²) in [6.45, 7) is 8.56. The Kier molecular flexibility index (Phi) is 3.63. The van der Waals surface area contributed by atoms with Gasteiger partial charge in [-0.3, -0.25) is 5.32 Å². The molecular formula is C17H22N5+. The highest BCUT2D eigenvalue weighted by atomic mass is 15.5. The monoisotopic (exact) mass is 296 g/mol. The molecule has 5 nitrogen and oxygen atoms in total. The zero-order valence-electron chi connectivity index (χ0n) is 13.4. The van der Waals surface area contributed by atoms with E-state index in [0.29, 0.717) is 6.67 Å². The Balaban J connectivity index is 1.86. The fourth-order valence-corrected chi connectivity index (χ4v) is 3.08. The molecule has 5 heteroatoms. The molecule has 0 atom stereocenters. The van der Waals surface area contributed by atoms with Crippen LogP contribution in [0, 0.1) is 11.5 Å². The van der Waals surface area contributed by atoms with Crippen LogP contribution in [-0.4, -0.2) is 39.2 Å². The third-order valence-corrected chi connectivity index (χ3v) is 3.99. The van der Waals surface area contributed by atoms with Gasteiger partial charge in [0.1, 0.15) is 18.9 Å². The molecule has 0 radical (unpaired) electrons. The summed E-state index contributed by atoms with van der Waals surface area (Å²) in [7, 11) is 0. The molecule has 1 aromatic carbocycles. The largest absolute Gasteiger partial charge is 0.370 e. The Morgan fingerprint density at radius 3 is 2.73 bits per heavy atom. The van der Waals surface area contributed by atoms with Gasteiger partial charge in [-0.1, -0.05) is 30.3 Å². The lowest BCUT2D eigenvalue weighted by molar-refractivity contribution is -0.521. The molecule has 0 bridgehead atoms. The Morgan fingerprint density at radius 2 is 2.05 bits per heavy atom. The molecule has 0 fully saturated rings. The molecule has 3 rings (SSSR count). The minimum absolute atomic E-state index is 0.132. The lowest BCUT2D eigenvalue weighted by Gasteiger charge is -2.37. The molecule has 0 saturated carbocycles. The summed E-state index contributed by atoms with van der Waals surface area (Å²) >= 11 is 0. The maximum Gasteiger partial charge on any atom is 0.370 e. The van der Waals surface area contributed by atoms with E-state index in [0.717, 1.165) is 19.2 Å². The first-order chi connectivity index (χ1) is 10.5. The smallest absolute Gasteiger partial charge is 0.268 e. The number of nitrogens with one attached hydrogen (secondary N) is 1. The van der Waals surface area contributed by atoms with Crippen LogP contribution in [0.1, 0.15) is 26.3 Å². The highest BCUT2D eigenvalue weighted by Gasteiger charge is 2.39. The molecule has 2 aliphatic rings. The number of nitriles is 1. The van der Waals surface area contributed by atoms with Gasteiger partial charge in [-0.05, 0) is 32.4 Å². The zero-order chi connectivity index (χ0) is 15.7. The first kappa shape index (κ1) is 14.6. The van der Waals surface area contributed by atoms with Gasteiger partial charge < -0.3 is 0 Å². The third-order valence-electron chi connectivity index (χ3n) is 3.99. The molecule has 0 amide bonds. The van der Waals surface area contributed by atoms with Gasteiger partial charge in [-0.2, -0.15) is 10.2 Å². The van der Waals surface area contributed by atoms with Crippen LogP contribution in [0.2, 0.25) is 0 Å². The van der Waals surface area contributed by atoms with Crippen molar-refractivity contribution < 1.29 is 4.58 Å². The summed E-state index contributed by atoms with van der Waals surface area (Å²) in [5.41, 5.74) is 2.31. The minimum Gasteiger partial charge on any atom is -0.268 e. The maximum atomic E-state index is 9.51. The summed E-state index contributed by atoms with van der Waals surface area (Å²) in [5.74, 6) is 0.886. The van der Waals surface area contributed by atoms with Crippen molar-refractivity contribution in [2.24, 2.45) is 0 Å². The predicted octanol–water partition coefficient (Wildman–Crippen LogP) is 1.85. The molecule has 0 aliphatic carbocycles. The van der Waals surface area contributed by atoms with E-state index in [2.05, 4.69) is 72.1 Å². The summed E-state index contributed by atoms with van der Waals surface area (Å²) in [6, 6.07) is 10.4. The predicted molar refractivity (Wildman–Crippen MR) is 85.4 cm³/mol. The van der Waals surface area contributed by atoms with E-state index >= 15 is 0 Å².